The minimum absolute atomic E-state index is 0.232. The molecule has 1 unspecified atom stereocenters. The second-order valence-corrected chi connectivity index (χ2v) is 17.1. The topological polar surface area (TPSA) is 244 Å². The van der Waals surface area contributed by atoms with Crippen LogP contribution in [0.2, 0.25) is 0 Å². The summed E-state index contributed by atoms with van der Waals surface area (Å²) in [5.41, 5.74) is 6.49. The molecule has 18 nitrogen and oxygen atoms in total. The van der Waals surface area contributed by atoms with E-state index in [0.717, 1.165) is 4.90 Å². The molecule has 266 valence electrons. The zero-order chi connectivity index (χ0) is 36.2. The number of sulfone groups is 1. The molecule has 0 bridgehead atoms. The van der Waals surface area contributed by atoms with Gasteiger partial charge < -0.3 is 44.5 Å². The van der Waals surface area contributed by atoms with Gasteiger partial charge in [-0.25, -0.2) is 22.8 Å². The highest BCUT2D eigenvalue weighted by Crippen LogP contribution is 2.51. The van der Waals surface area contributed by atoms with Crippen molar-refractivity contribution in [3.05, 3.63) is 29.8 Å². The van der Waals surface area contributed by atoms with Crippen LogP contribution in [-0.2, 0) is 57.6 Å². The Morgan fingerprint density at radius 2 is 1.51 bits per heavy atom. The van der Waals surface area contributed by atoms with Crippen LogP contribution in [0.3, 0.4) is 0 Å². The van der Waals surface area contributed by atoms with Crippen molar-refractivity contribution in [2.24, 2.45) is 5.73 Å². The van der Waals surface area contributed by atoms with E-state index in [1.807, 2.05) is 0 Å². The summed E-state index contributed by atoms with van der Waals surface area (Å²) < 4.78 is 47.0. The van der Waals surface area contributed by atoms with Crippen LogP contribution >= 0.6 is 11.8 Å². The Labute approximate surface area is 284 Å². The van der Waals surface area contributed by atoms with Crippen LogP contribution in [-0.4, -0.2) is 112 Å². The summed E-state index contributed by atoms with van der Waals surface area (Å²) in [6, 6.07) is 1.32. The van der Waals surface area contributed by atoms with Crippen LogP contribution in [0.15, 0.2) is 24.3 Å². The number of hydrogen-bond acceptors (Lipinski definition) is 16. The molecular formula is C29H34N4O14S2. The quantitative estimate of drug-likeness (QED) is 0.133. The molecule has 1 aromatic carbocycles. The highest BCUT2D eigenvalue weighted by Gasteiger charge is 2.68. The molecule has 49 heavy (non-hydrogen) atoms. The smallest absolute Gasteiger partial charge is 0.427 e. The van der Waals surface area contributed by atoms with Crippen molar-refractivity contribution in [3.63, 3.8) is 0 Å². The average molecular weight is 727 g/mol. The number of esters is 3. The molecule has 4 aliphatic heterocycles. The van der Waals surface area contributed by atoms with Crippen molar-refractivity contribution in [2.45, 2.75) is 85.4 Å². The maximum Gasteiger partial charge on any atom is 0.514 e. The molecule has 3 amide bonds. The van der Waals surface area contributed by atoms with E-state index in [-0.39, 0.29) is 12.2 Å². The third-order valence-electron chi connectivity index (χ3n) is 8.70. The molecule has 4 heterocycles. The van der Waals surface area contributed by atoms with E-state index in [1.165, 1.54) is 61.7 Å². The van der Waals surface area contributed by atoms with Gasteiger partial charge in [0.05, 0.1) is 11.2 Å². The van der Waals surface area contributed by atoms with Gasteiger partial charge in [-0.1, -0.05) is 12.1 Å². The lowest BCUT2D eigenvalue weighted by molar-refractivity contribution is -0.173. The number of nitrogens with zero attached hydrogens (tertiary/aromatic N) is 2. The minimum Gasteiger partial charge on any atom is -0.427 e. The fourth-order valence-corrected chi connectivity index (χ4v) is 9.85. The summed E-state index contributed by atoms with van der Waals surface area (Å²) in [6.45, 7) is 5.34. The van der Waals surface area contributed by atoms with Crippen LogP contribution in [0, 0.1) is 0 Å². The standard InChI is InChI=1S/C29H34N4O14S2/c1-13(34)47-15-8-6-14(7-9-15)18(30)22(36)31-19-23(37)33-20(28(2,3)48-24(19)33)25(38)43-11-45-27(40)46-12-44-26(39)21-29(4,5)49(41,42)17-10-16(35)32(17)21/h6-9,17-21,24H,10-12,30H2,1-5H3,(H,31,36)/t17-,18?,19-,20+,21+,24-/m1/s1. The third-order valence-corrected chi connectivity index (χ3v) is 13.1. The zero-order valence-corrected chi connectivity index (χ0v) is 28.5. The number of nitrogens with one attached hydrogen (secondary N) is 1. The monoisotopic (exact) mass is 726 g/mol. The lowest BCUT2D eigenvalue weighted by atomic mass is 9.95. The Hall–Kier alpha value is -4.43. The zero-order valence-electron chi connectivity index (χ0n) is 26.9. The molecule has 0 saturated carbocycles. The molecule has 4 saturated heterocycles. The number of β-lactam (4-membered cyclic amide) rings is 2. The first-order valence-electron chi connectivity index (χ1n) is 14.8. The van der Waals surface area contributed by atoms with E-state index >= 15 is 0 Å². The number of carbonyl (C=O) groups is 7. The molecule has 5 rings (SSSR count). The van der Waals surface area contributed by atoms with Crippen LogP contribution < -0.4 is 15.8 Å². The number of ether oxygens (including phenoxy) is 5. The highest BCUT2D eigenvalue weighted by atomic mass is 32.2. The first kappa shape index (κ1) is 35.9. The second kappa shape index (κ2) is 12.8. The Morgan fingerprint density at radius 1 is 0.939 bits per heavy atom. The molecule has 3 N–H and O–H groups in total. The molecule has 4 fully saturated rings. The summed E-state index contributed by atoms with van der Waals surface area (Å²) in [7, 11) is -3.84. The fraction of sp³-hybridized carbons (Fsp3) is 0.552. The largest absolute Gasteiger partial charge is 0.514 e. The predicted molar refractivity (Wildman–Crippen MR) is 164 cm³/mol. The van der Waals surface area contributed by atoms with Crippen LogP contribution in [0.4, 0.5) is 4.79 Å². The molecule has 4 aliphatic rings. The normalized spacial score (nSPS) is 27.3. The lowest BCUT2D eigenvalue weighted by Crippen LogP contribution is -2.71. The molecule has 0 aliphatic carbocycles. The Morgan fingerprint density at radius 3 is 2.06 bits per heavy atom. The Bertz CT molecular complexity index is 1710. The summed E-state index contributed by atoms with van der Waals surface area (Å²) >= 11 is 1.25. The maximum atomic E-state index is 13.1. The van der Waals surface area contributed by atoms with Crippen molar-refractivity contribution in [1.29, 1.82) is 0 Å². The molecule has 0 spiro atoms. The van der Waals surface area contributed by atoms with Gasteiger partial charge in [-0.2, -0.15) is 0 Å². The van der Waals surface area contributed by atoms with Gasteiger partial charge in [0.1, 0.15) is 40.7 Å². The number of amides is 3. The van der Waals surface area contributed by atoms with E-state index in [1.54, 1.807) is 13.8 Å². The molecule has 6 atom stereocenters. The average Bonchev–Trinajstić information content (AvgIpc) is 3.34. The maximum absolute atomic E-state index is 13.1. The second-order valence-electron chi connectivity index (χ2n) is 12.6. The fourth-order valence-electron chi connectivity index (χ4n) is 6.11. The van der Waals surface area contributed by atoms with Crippen molar-refractivity contribution >= 4 is 63.4 Å². The van der Waals surface area contributed by atoms with Gasteiger partial charge in [0.15, 0.2) is 9.84 Å². The van der Waals surface area contributed by atoms with Gasteiger partial charge in [-0.05, 0) is 45.4 Å². The van der Waals surface area contributed by atoms with Crippen molar-refractivity contribution < 1.29 is 65.7 Å². The summed E-state index contributed by atoms with van der Waals surface area (Å²) in [4.78, 5) is 88.9. The van der Waals surface area contributed by atoms with Gasteiger partial charge in [-0.15, -0.1) is 11.8 Å². The number of nitrogens with two attached hydrogens (primary N) is 1. The molecule has 0 radical (unpaired) electrons. The summed E-state index contributed by atoms with van der Waals surface area (Å²) in [6.07, 6.45) is -1.63. The van der Waals surface area contributed by atoms with E-state index in [4.69, 9.17) is 24.7 Å². The number of benzene rings is 1. The van der Waals surface area contributed by atoms with E-state index in [2.05, 4.69) is 10.1 Å². The van der Waals surface area contributed by atoms with E-state index in [0.29, 0.717) is 5.56 Å². The number of fused-ring (bicyclic) bond motifs is 2. The summed E-state index contributed by atoms with van der Waals surface area (Å²) in [5, 5.41) is 0.878. The first-order valence-corrected chi connectivity index (χ1v) is 17.2. The van der Waals surface area contributed by atoms with Crippen LogP contribution in [0.1, 0.15) is 52.6 Å². The van der Waals surface area contributed by atoms with Gasteiger partial charge in [-0.3, -0.25) is 19.2 Å². The molecule has 0 aromatic heterocycles. The third kappa shape index (κ3) is 6.27. The van der Waals surface area contributed by atoms with Gasteiger partial charge in [0.2, 0.25) is 31.3 Å². The summed E-state index contributed by atoms with van der Waals surface area (Å²) in [5.74, 6) is -3.95. The van der Waals surface area contributed by atoms with Crippen LogP contribution in [0.25, 0.3) is 0 Å². The minimum atomic E-state index is -3.84. The first-order chi connectivity index (χ1) is 22.8. The van der Waals surface area contributed by atoms with Gasteiger partial charge in [0, 0.05) is 11.7 Å². The van der Waals surface area contributed by atoms with E-state index in [9.17, 15) is 42.0 Å². The number of carbonyl (C=O) groups excluding carboxylic acids is 7. The lowest BCUT2D eigenvalue weighted by Gasteiger charge is -2.44. The molecule has 1 aromatic rings. The number of rotatable bonds is 10. The highest BCUT2D eigenvalue weighted by molar-refractivity contribution is 8.01. The number of hydrogen-bond donors (Lipinski definition) is 2. The Balaban J connectivity index is 1.07. The van der Waals surface area contributed by atoms with Crippen molar-refractivity contribution in [3.8, 4) is 5.75 Å². The predicted octanol–water partition coefficient (Wildman–Crippen LogP) is -0.553. The molecule has 20 heteroatoms. The van der Waals surface area contributed by atoms with Gasteiger partial charge in [0.25, 0.3) is 0 Å². The Kier molecular flexibility index (Phi) is 9.36. The van der Waals surface area contributed by atoms with E-state index < -0.39 is 110 Å². The SMILES string of the molecule is CC(=O)Oc1ccc(C(N)C(=O)N[C@@H]2C(=O)N3[C@@H]2SC(C)(C)[C@@H]3C(=O)OCOC(=O)OCOC(=O)[C@@H]2N3C(=O)C[C@H]3S(=O)(=O)C2(C)C)cc1. The molecular weight excluding hydrogens is 692 g/mol. The van der Waals surface area contributed by atoms with Gasteiger partial charge >= 0.3 is 24.1 Å². The van der Waals surface area contributed by atoms with Crippen molar-refractivity contribution in [2.75, 3.05) is 13.6 Å². The van der Waals surface area contributed by atoms with Crippen molar-refractivity contribution in [1.82, 2.24) is 15.1 Å². The van der Waals surface area contributed by atoms with Crippen LogP contribution in [0.5, 0.6) is 5.75 Å². The number of thioether (sulfide) groups is 1.